The SMILES string of the molecule is Cc1ccnc(NC(=O)C2CCN(S(=O)(=O)c3ccc(S(=O)(=O)NC4CC4)cc3)CC2)c1. The van der Waals surface area contributed by atoms with Gasteiger partial charge in [0.2, 0.25) is 26.0 Å². The van der Waals surface area contributed by atoms with Crippen LogP contribution < -0.4 is 10.0 Å². The molecule has 4 rings (SSSR count). The molecule has 1 aromatic carbocycles. The van der Waals surface area contributed by atoms with Gasteiger partial charge in [-0.15, -0.1) is 0 Å². The third-order valence-corrected chi connectivity index (χ3v) is 9.11. The molecule has 172 valence electrons. The molecule has 2 aliphatic rings. The summed E-state index contributed by atoms with van der Waals surface area (Å²) in [7, 11) is -7.41. The molecule has 0 unspecified atom stereocenters. The van der Waals surface area contributed by atoms with Gasteiger partial charge in [-0.2, -0.15) is 4.31 Å². The van der Waals surface area contributed by atoms with E-state index in [2.05, 4.69) is 15.0 Å². The van der Waals surface area contributed by atoms with Crippen LogP contribution in [-0.2, 0) is 24.8 Å². The van der Waals surface area contributed by atoms with Gasteiger partial charge in [0, 0.05) is 31.2 Å². The van der Waals surface area contributed by atoms with Crippen molar-refractivity contribution >= 4 is 31.8 Å². The lowest BCUT2D eigenvalue weighted by molar-refractivity contribution is -0.120. The number of nitrogens with one attached hydrogen (secondary N) is 2. The van der Waals surface area contributed by atoms with Crippen molar-refractivity contribution in [1.82, 2.24) is 14.0 Å². The third kappa shape index (κ3) is 5.17. The molecule has 11 heteroatoms. The molecule has 1 aliphatic carbocycles. The second-order valence-corrected chi connectivity index (χ2v) is 11.9. The molecule has 2 N–H and O–H groups in total. The van der Waals surface area contributed by atoms with Crippen molar-refractivity contribution in [3.8, 4) is 0 Å². The summed E-state index contributed by atoms with van der Waals surface area (Å²) in [6.07, 6.45) is 4.06. The number of anilines is 1. The lowest BCUT2D eigenvalue weighted by Gasteiger charge is -2.30. The average Bonchev–Trinajstić information content (AvgIpc) is 3.57. The first-order chi connectivity index (χ1) is 15.1. The van der Waals surface area contributed by atoms with E-state index in [1.54, 1.807) is 12.3 Å². The summed E-state index contributed by atoms with van der Waals surface area (Å²) in [4.78, 5) is 16.7. The summed E-state index contributed by atoms with van der Waals surface area (Å²) < 4.78 is 54.5. The van der Waals surface area contributed by atoms with Crippen molar-refractivity contribution in [3.05, 3.63) is 48.2 Å². The van der Waals surface area contributed by atoms with Gasteiger partial charge in [-0.05, 0) is 74.6 Å². The Kier molecular flexibility index (Phi) is 6.35. The quantitative estimate of drug-likeness (QED) is 0.626. The number of carbonyl (C=O) groups excluding carboxylic acids is 1. The van der Waals surface area contributed by atoms with Crippen LogP contribution in [-0.4, -0.2) is 51.2 Å². The number of benzene rings is 1. The molecule has 2 fully saturated rings. The van der Waals surface area contributed by atoms with E-state index >= 15 is 0 Å². The van der Waals surface area contributed by atoms with Crippen LogP contribution in [0.4, 0.5) is 5.82 Å². The molecule has 1 saturated heterocycles. The van der Waals surface area contributed by atoms with Crippen LogP contribution in [0.15, 0.2) is 52.4 Å². The van der Waals surface area contributed by atoms with E-state index in [0.717, 1.165) is 18.4 Å². The van der Waals surface area contributed by atoms with E-state index in [-0.39, 0.29) is 40.7 Å². The van der Waals surface area contributed by atoms with Crippen LogP contribution in [0.2, 0.25) is 0 Å². The first-order valence-electron chi connectivity index (χ1n) is 10.5. The molecule has 1 saturated carbocycles. The predicted octanol–water partition coefficient (Wildman–Crippen LogP) is 1.87. The van der Waals surface area contributed by atoms with Gasteiger partial charge in [0.05, 0.1) is 9.79 Å². The molecule has 1 amide bonds. The van der Waals surface area contributed by atoms with E-state index in [1.807, 2.05) is 13.0 Å². The molecular formula is C21H26N4O5S2. The van der Waals surface area contributed by atoms with Gasteiger partial charge in [-0.3, -0.25) is 4.79 Å². The number of aryl methyl sites for hydroxylation is 1. The highest BCUT2D eigenvalue weighted by Gasteiger charge is 2.33. The smallest absolute Gasteiger partial charge is 0.243 e. The number of piperidine rings is 1. The monoisotopic (exact) mass is 478 g/mol. The number of amides is 1. The van der Waals surface area contributed by atoms with E-state index in [1.165, 1.54) is 28.6 Å². The number of pyridine rings is 1. The topological polar surface area (TPSA) is 126 Å². The number of sulfonamides is 2. The Balaban J connectivity index is 1.37. The Morgan fingerprint density at radius 2 is 1.59 bits per heavy atom. The zero-order chi connectivity index (χ0) is 22.9. The summed E-state index contributed by atoms with van der Waals surface area (Å²) in [5.41, 5.74) is 0.985. The molecule has 0 atom stereocenters. The molecule has 0 spiro atoms. The predicted molar refractivity (Wildman–Crippen MR) is 119 cm³/mol. The standard InChI is InChI=1S/C21H26N4O5S2/c1-15-8-11-22-20(14-15)23-21(26)16-9-12-25(13-10-16)32(29,30)19-6-4-18(5-7-19)31(27,28)24-17-2-3-17/h4-8,11,14,16-17,24H,2-3,9-10,12-13H2,1H3,(H,22,23,26). The second-order valence-electron chi connectivity index (χ2n) is 8.25. The lowest BCUT2D eigenvalue weighted by Crippen LogP contribution is -2.41. The van der Waals surface area contributed by atoms with Gasteiger partial charge in [0.1, 0.15) is 5.82 Å². The van der Waals surface area contributed by atoms with Gasteiger partial charge < -0.3 is 5.32 Å². The van der Waals surface area contributed by atoms with Crippen molar-refractivity contribution < 1.29 is 21.6 Å². The second kappa shape index (κ2) is 8.89. The van der Waals surface area contributed by atoms with Gasteiger partial charge in [0.15, 0.2) is 0 Å². The molecule has 0 bridgehead atoms. The van der Waals surface area contributed by atoms with Gasteiger partial charge in [-0.25, -0.2) is 26.5 Å². The normalized spacial score (nSPS) is 18.4. The fraction of sp³-hybridized carbons (Fsp3) is 0.429. The maximum atomic E-state index is 13.0. The van der Waals surface area contributed by atoms with Crippen molar-refractivity contribution in [1.29, 1.82) is 0 Å². The Morgan fingerprint density at radius 3 is 2.19 bits per heavy atom. The minimum Gasteiger partial charge on any atom is -0.310 e. The molecular weight excluding hydrogens is 452 g/mol. The fourth-order valence-electron chi connectivity index (χ4n) is 3.62. The zero-order valence-corrected chi connectivity index (χ0v) is 19.3. The zero-order valence-electron chi connectivity index (χ0n) is 17.7. The van der Waals surface area contributed by atoms with Gasteiger partial charge in [0.25, 0.3) is 0 Å². The van der Waals surface area contributed by atoms with Crippen molar-refractivity contribution in [3.63, 3.8) is 0 Å². The largest absolute Gasteiger partial charge is 0.310 e. The minimum absolute atomic E-state index is 0.0244. The molecule has 2 heterocycles. The number of hydrogen-bond donors (Lipinski definition) is 2. The third-order valence-electron chi connectivity index (χ3n) is 5.66. The number of hydrogen-bond acceptors (Lipinski definition) is 6. The summed E-state index contributed by atoms with van der Waals surface area (Å²) in [6.45, 7) is 2.34. The van der Waals surface area contributed by atoms with E-state index < -0.39 is 20.0 Å². The first kappa shape index (κ1) is 22.8. The highest BCUT2D eigenvalue weighted by molar-refractivity contribution is 7.89. The Labute approximate surface area is 188 Å². The molecule has 2 aromatic rings. The maximum absolute atomic E-state index is 13.0. The average molecular weight is 479 g/mol. The molecule has 32 heavy (non-hydrogen) atoms. The fourth-order valence-corrected chi connectivity index (χ4v) is 6.39. The van der Waals surface area contributed by atoms with E-state index in [0.29, 0.717) is 18.7 Å². The van der Waals surface area contributed by atoms with E-state index in [9.17, 15) is 21.6 Å². The number of carbonyl (C=O) groups is 1. The van der Waals surface area contributed by atoms with Crippen LogP contribution in [0, 0.1) is 12.8 Å². The first-order valence-corrected chi connectivity index (χ1v) is 13.4. The maximum Gasteiger partial charge on any atom is 0.243 e. The number of aromatic nitrogens is 1. The number of nitrogens with zero attached hydrogens (tertiary/aromatic N) is 2. The highest BCUT2D eigenvalue weighted by atomic mass is 32.2. The highest BCUT2D eigenvalue weighted by Crippen LogP contribution is 2.26. The van der Waals surface area contributed by atoms with Crippen molar-refractivity contribution in [2.45, 2.75) is 48.4 Å². The van der Waals surface area contributed by atoms with Gasteiger partial charge in [-0.1, -0.05) is 0 Å². The molecule has 0 radical (unpaired) electrons. The van der Waals surface area contributed by atoms with Crippen LogP contribution >= 0.6 is 0 Å². The van der Waals surface area contributed by atoms with Crippen molar-refractivity contribution in [2.24, 2.45) is 5.92 Å². The summed E-state index contributed by atoms with van der Waals surface area (Å²) in [5.74, 6) is 0.0129. The van der Waals surface area contributed by atoms with Crippen molar-refractivity contribution in [2.75, 3.05) is 18.4 Å². The molecule has 9 nitrogen and oxygen atoms in total. The summed E-state index contributed by atoms with van der Waals surface area (Å²) >= 11 is 0. The minimum atomic E-state index is -3.77. The number of rotatable bonds is 7. The Morgan fingerprint density at radius 1 is 0.969 bits per heavy atom. The Hall–Kier alpha value is -2.34. The summed E-state index contributed by atoms with van der Waals surface area (Å²) in [6, 6.07) is 8.85. The van der Waals surface area contributed by atoms with Gasteiger partial charge >= 0.3 is 0 Å². The van der Waals surface area contributed by atoms with Crippen LogP contribution in [0.1, 0.15) is 31.2 Å². The van der Waals surface area contributed by atoms with Crippen LogP contribution in [0.5, 0.6) is 0 Å². The van der Waals surface area contributed by atoms with E-state index in [4.69, 9.17) is 0 Å². The Bertz CT molecular complexity index is 1200. The molecule has 1 aromatic heterocycles. The van der Waals surface area contributed by atoms with Crippen LogP contribution in [0.25, 0.3) is 0 Å². The summed E-state index contributed by atoms with van der Waals surface area (Å²) in [5, 5.41) is 2.80. The lowest BCUT2D eigenvalue weighted by atomic mass is 9.97. The van der Waals surface area contributed by atoms with Crippen LogP contribution in [0.3, 0.4) is 0 Å². The molecule has 1 aliphatic heterocycles.